The molecule has 57 heavy (non-hydrogen) atoms. The van der Waals surface area contributed by atoms with Crippen molar-refractivity contribution in [3.05, 3.63) is 71.8 Å². The Kier molecular flexibility index (Phi) is 16.2. The lowest BCUT2D eigenvalue weighted by atomic mass is 9.86. The van der Waals surface area contributed by atoms with Gasteiger partial charge in [0.05, 0.1) is 5.92 Å². The van der Waals surface area contributed by atoms with E-state index in [0.29, 0.717) is 43.4 Å². The highest BCUT2D eigenvalue weighted by Crippen LogP contribution is 2.38. The van der Waals surface area contributed by atoms with Gasteiger partial charge in [0.2, 0.25) is 0 Å². The molecule has 4 saturated heterocycles. The third kappa shape index (κ3) is 12.2. The van der Waals surface area contributed by atoms with E-state index in [1.807, 2.05) is 67.6 Å². The Morgan fingerprint density at radius 2 is 0.982 bits per heavy atom. The Morgan fingerprint density at radius 3 is 1.46 bits per heavy atom. The molecule has 312 valence electrons. The van der Waals surface area contributed by atoms with Crippen molar-refractivity contribution in [1.29, 1.82) is 0 Å². The molecule has 0 spiro atoms. The Labute approximate surface area is 341 Å². The zero-order valence-electron chi connectivity index (χ0n) is 34.9. The van der Waals surface area contributed by atoms with Crippen LogP contribution >= 0.6 is 0 Å². The first-order chi connectivity index (χ1) is 27.7. The van der Waals surface area contributed by atoms with Crippen LogP contribution in [0.15, 0.2) is 60.7 Å². The third-order valence-electron chi connectivity index (χ3n) is 13.8. The monoisotopic (exact) mass is 785 g/mol. The minimum atomic E-state index is -0.620. The van der Waals surface area contributed by atoms with E-state index in [2.05, 4.69) is 23.9 Å². The molecule has 9 nitrogen and oxygen atoms in total. The van der Waals surface area contributed by atoms with Crippen LogP contribution in [0.25, 0.3) is 0 Å². The number of rotatable bonds is 22. The lowest BCUT2D eigenvalue weighted by Crippen LogP contribution is -2.44. The second kappa shape index (κ2) is 21.4. The fraction of sp³-hybridized carbons (Fsp3) is 0.667. The van der Waals surface area contributed by atoms with Crippen molar-refractivity contribution in [3.63, 3.8) is 0 Å². The van der Waals surface area contributed by atoms with Gasteiger partial charge < -0.3 is 24.0 Å². The molecule has 4 aliphatic heterocycles. The molecule has 0 aliphatic carbocycles. The summed E-state index contributed by atoms with van der Waals surface area (Å²) in [6.07, 6.45) is 17.4. The maximum atomic E-state index is 13.6. The van der Waals surface area contributed by atoms with Crippen molar-refractivity contribution in [2.24, 2.45) is 5.92 Å². The summed E-state index contributed by atoms with van der Waals surface area (Å²) >= 11 is 0. The highest BCUT2D eigenvalue weighted by molar-refractivity contribution is 5.83. The summed E-state index contributed by atoms with van der Waals surface area (Å²) in [4.78, 5) is 57.7. The maximum Gasteiger partial charge on any atom is 0.317 e. The Bertz CT molecular complexity index is 1560. The standard InChI is InChI=1S/C48H68N2O7/c1-34(28-43(35-18-12-10-13-19-35)47(53)56-41-29-37-24-25-38(30-41)49(37)2)45(51)22-16-8-6-4-5-7-9-17-23-46(52)55-33-44(36-20-14-11-15-21-36)48(54)57-42-31-39-26-27-40(32-42)50(39)3/h10-15,18-21,34,37-44H,4-9,16-17,22-33H2,1-3H3. The number of piperidine rings is 2. The molecule has 6 rings (SSSR count). The van der Waals surface area contributed by atoms with Crippen molar-refractivity contribution in [2.45, 2.75) is 177 Å². The number of carbonyl (C=O) groups excluding carboxylic acids is 4. The molecule has 4 aliphatic rings. The van der Waals surface area contributed by atoms with E-state index >= 15 is 0 Å². The van der Waals surface area contributed by atoms with E-state index in [4.69, 9.17) is 14.2 Å². The zero-order chi connectivity index (χ0) is 40.1. The molecule has 0 aromatic heterocycles. The summed E-state index contributed by atoms with van der Waals surface area (Å²) in [5, 5.41) is 0. The van der Waals surface area contributed by atoms with Crippen LogP contribution in [0, 0.1) is 5.92 Å². The van der Waals surface area contributed by atoms with Gasteiger partial charge in [-0.3, -0.25) is 19.2 Å². The average Bonchev–Trinajstić information content (AvgIpc) is 3.52. The second-order valence-electron chi connectivity index (χ2n) is 17.7. The van der Waals surface area contributed by atoms with Crippen molar-refractivity contribution in [1.82, 2.24) is 9.80 Å². The van der Waals surface area contributed by atoms with Crippen LogP contribution in [0.4, 0.5) is 0 Å². The van der Waals surface area contributed by atoms with Gasteiger partial charge in [-0.2, -0.15) is 0 Å². The molecule has 2 aromatic rings. The van der Waals surface area contributed by atoms with Gasteiger partial charge in [-0.15, -0.1) is 0 Å². The summed E-state index contributed by atoms with van der Waals surface area (Å²) in [5.41, 5.74) is 1.74. The molecule has 7 unspecified atom stereocenters. The van der Waals surface area contributed by atoms with Gasteiger partial charge in [0.1, 0.15) is 30.5 Å². The van der Waals surface area contributed by atoms with E-state index in [0.717, 1.165) is 101 Å². The van der Waals surface area contributed by atoms with E-state index in [1.165, 1.54) is 12.8 Å². The summed E-state index contributed by atoms with van der Waals surface area (Å²) in [6.45, 7) is 1.97. The SMILES string of the molecule is CC(CC(C(=O)OC1CC2CCC(C1)N2C)c1ccccc1)C(=O)CCCCCCCCCCC(=O)OCC(C(=O)OC1CC2CCC(C1)N2C)c1ccccc1. The van der Waals surface area contributed by atoms with Crippen LogP contribution in [0.1, 0.15) is 152 Å². The predicted octanol–water partition coefficient (Wildman–Crippen LogP) is 8.93. The molecule has 0 saturated carbocycles. The lowest BCUT2D eigenvalue weighted by molar-refractivity contribution is -0.158. The number of esters is 3. The first kappa shape index (κ1) is 43.0. The topological polar surface area (TPSA) is 102 Å². The van der Waals surface area contributed by atoms with Gasteiger partial charge >= 0.3 is 17.9 Å². The molecule has 7 atom stereocenters. The molecule has 4 fully saturated rings. The predicted molar refractivity (Wildman–Crippen MR) is 222 cm³/mol. The number of ether oxygens (including phenoxy) is 3. The fourth-order valence-corrected chi connectivity index (χ4v) is 10.1. The van der Waals surface area contributed by atoms with Gasteiger partial charge in [-0.05, 0) is 95.9 Å². The van der Waals surface area contributed by atoms with Gasteiger partial charge in [0.25, 0.3) is 0 Å². The van der Waals surface area contributed by atoms with Crippen LogP contribution in [-0.2, 0) is 33.4 Å². The molecule has 4 bridgehead atoms. The number of Topliss-reactive ketones (excluding diaryl/α,β-unsaturated/α-hetero) is 1. The molecular weight excluding hydrogens is 717 g/mol. The number of nitrogens with zero attached hydrogens (tertiary/aromatic N) is 2. The second-order valence-corrected chi connectivity index (χ2v) is 17.7. The normalized spacial score (nSPS) is 26.0. The molecule has 0 radical (unpaired) electrons. The molecule has 2 aromatic carbocycles. The van der Waals surface area contributed by atoms with Crippen molar-refractivity contribution < 1.29 is 33.4 Å². The van der Waals surface area contributed by atoms with E-state index in [-0.39, 0.29) is 48.4 Å². The van der Waals surface area contributed by atoms with Gasteiger partial charge in [0, 0.05) is 42.9 Å². The smallest absolute Gasteiger partial charge is 0.317 e. The summed E-state index contributed by atoms with van der Waals surface area (Å²) < 4.78 is 17.8. The number of hydrogen-bond donors (Lipinski definition) is 0. The fourth-order valence-electron chi connectivity index (χ4n) is 10.1. The summed E-state index contributed by atoms with van der Waals surface area (Å²) in [5.74, 6) is -1.78. The van der Waals surface area contributed by atoms with E-state index < -0.39 is 11.8 Å². The first-order valence-electron chi connectivity index (χ1n) is 22.3. The molecule has 0 amide bonds. The third-order valence-corrected chi connectivity index (χ3v) is 13.8. The molecule has 4 heterocycles. The number of benzene rings is 2. The van der Waals surface area contributed by atoms with Crippen molar-refractivity contribution in [2.75, 3.05) is 20.7 Å². The van der Waals surface area contributed by atoms with Crippen LogP contribution in [-0.4, -0.2) is 90.6 Å². The van der Waals surface area contributed by atoms with Gasteiger partial charge in [-0.1, -0.05) is 106 Å². The summed E-state index contributed by atoms with van der Waals surface area (Å²) in [6, 6.07) is 21.3. The van der Waals surface area contributed by atoms with Crippen LogP contribution in [0.3, 0.4) is 0 Å². The molecule has 9 heteroatoms. The van der Waals surface area contributed by atoms with E-state index in [1.54, 1.807) is 0 Å². The van der Waals surface area contributed by atoms with Crippen LogP contribution in [0.2, 0.25) is 0 Å². The average molecular weight is 785 g/mol. The van der Waals surface area contributed by atoms with Gasteiger partial charge in [-0.25, -0.2) is 0 Å². The Hall–Kier alpha value is -3.56. The largest absolute Gasteiger partial charge is 0.464 e. The Morgan fingerprint density at radius 1 is 0.579 bits per heavy atom. The van der Waals surface area contributed by atoms with Crippen LogP contribution in [0.5, 0.6) is 0 Å². The first-order valence-corrected chi connectivity index (χ1v) is 22.3. The van der Waals surface area contributed by atoms with Crippen molar-refractivity contribution in [3.8, 4) is 0 Å². The highest BCUT2D eigenvalue weighted by atomic mass is 16.6. The quantitative estimate of drug-likeness (QED) is 0.0658. The summed E-state index contributed by atoms with van der Waals surface area (Å²) in [7, 11) is 4.36. The van der Waals surface area contributed by atoms with Crippen LogP contribution < -0.4 is 0 Å². The van der Waals surface area contributed by atoms with Gasteiger partial charge in [0.15, 0.2) is 0 Å². The lowest BCUT2D eigenvalue weighted by Gasteiger charge is -2.36. The van der Waals surface area contributed by atoms with E-state index in [9.17, 15) is 19.2 Å². The minimum absolute atomic E-state index is 0.00186. The number of hydrogen-bond acceptors (Lipinski definition) is 9. The Balaban J connectivity index is 0.820. The number of fused-ring (bicyclic) bond motifs is 4. The maximum absolute atomic E-state index is 13.6. The number of carbonyl (C=O) groups is 4. The highest BCUT2D eigenvalue weighted by Gasteiger charge is 2.42. The minimum Gasteiger partial charge on any atom is -0.464 e. The number of unbranched alkanes of at least 4 members (excludes halogenated alkanes) is 7. The van der Waals surface area contributed by atoms with Crippen molar-refractivity contribution >= 4 is 23.7 Å². The molecule has 0 N–H and O–H groups in total. The number of ketones is 1. The zero-order valence-corrected chi connectivity index (χ0v) is 34.9. The molecular formula is C48H68N2O7.